The molecule has 216 valence electrons. The molecule has 2 atom stereocenters. The van der Waals surface area contributed by atoms with Crippen LogP contribution in [0.4, 0.5) is 13.2 Å². The molecule has 0 bridgehead atoms. The smallest absolute Gasteiger partial charge is 0.490 e. The van der Waals surface area contributed by atoms with Crippen molar-refractivity contribution in [2.75, 3.05) is 52.9 Å². The van der Waals surface area contributed by atoms with Gasteiger partial charge in [-0.25, -0.2) is 4.79 Å². The van der Waals surface area contributed by atoms with Crippen molar-refractivity contribution in [2.24, 2.45) is 16.7 Å². The number of halogens is 3. The molecule has 5 rings (SSSR count). The minimum Gasteiger partial charge on any atom is -0.497 e. The molecule has 2 amide bonds. The van der Waals surface area contributed by atoms with Gasteiger partial charge in [0.2, 0.25) is 5.91 Å². The van der Waals surface area contributed by atoms with Gasteiger partial charge in [-0.2, -0.15) is 13.2 Å². The second kappa shape index (κ2) is 11.3. The van der Waals surface area contributed by atoms with Gasteiger partial charge in [0.15, 0.2) is 0 Å². The van der Waals surface area contributed by atoms with Gasteiger partial charge in [-0.15, -0.1) is 0 Å². The van der Waals surface area contributed by atoms with Crippen LogP contribution < -0.4 is 4.74 Å². The number of aliphatic carboxylic acids is 1. The highest BCUT2D eigenvalue weighted by Crippen LogP contribution is 2.62. The van der Waals surface area contributed by atoms with Crippen molar-refractivity contribution in [3.8, 4) is 5.75 Å². The van der Waals surface area contributed by atoms with Crippen LogP contribution in [0.1, 0.15) is 55.8 Å². The summed E-state index contributed by atoms with van der Waals surface area (Å²) in [6.07, 6.45) is 1.42. The first-order valence-corrected chi connectivity index (χ1v) is 13.7. The van der Waals surface area contributed by atoms with Crippen LogP contribution in [0.15, 0.2) is 24.3 Å². The molecule has 8 nitrogen and oxygen atoms in total. The number of benzene rings is 1. The number of carboxylic acid groups (broad SMARTS) is 1. The lowest BCUT2D eigenvalue weighted by molar-refractivity contribution is -0.192. The van der Waals surface area contributed by atoms with E-state index in [-0.39, 0.29) is 16.7 Å². The highest BCUT2D eigenvalue weighted by Gasteiger charge is 2.64. The Kier molecular flexibility index (Phi) is 8.49. The third-order valence-electron chi connectivity index (χ3n) is 9.31. The van der Waals surface area contributed by atoms with Crippen LogP contribution in [-0.2, 0) is 9.59 Å². The van der Waals surface area contributed by atoms with Crippen molar-refractivity contribution in [1.29, 1.82) is 0 Å². The van der Waals surface area contributed by atoms with Crippen molar-refractivity contribution < 1.29 is 37.4 Å². The first-order chi connectivity index (χ1) is 18.5. The first kappa shape index (κ1) is 29.2. The Morgan fingerprint density at radius 3 is 2.08 bits per heavy atom. The lowest BCUT2D eigenvalue weighted by Gasteiger charge is -2.45. The molecule has 1 spiro atoms. The number of hydrogen-bond donors (Lipinski definition) is 1. The maximum absolute atomic E-state index is 13.8. The number of methoxy groups -OCH3 is 1. The number of piperidine rings is 1. The van der Waals surface area contributed by atoms with Crippen molar-refractivity contribution in [2.45, 2.75) is 51.6 Å². The molecule has 39 heavy (non-hydrogen) atoms. The van der Waals surface area contributed by atoms with Crippen LogP contribution in [0.3, 0.4) is 0 Å². The number of amides is 2. The van der Waals surface area contributed by atoms with Gasteiger partial charge in [-0.3, -0.25) is 9.59 Å². The summed E-state index contributed by atoms with van der Waals surface area (Å²) in [5, 5.41) is 7.12. The Bertz CT molecular complexity index is 1050. The number of likely N-dealkylation sites (tertiary alicyclic amines) is 3. The van der Waals surface area contributed by atoms with E-state index in [0.29, 0.717) is 11.8 Å². The van der Waals surface area contributed by atoms with Crippen LogP contribution in [0, 0.1) is 16.7 Å². The number of rotatable bonds is 4. The largest absolute Gasteiger partial charge is 0.497 e. The lowest BCUT2D eigenvalue weighted by atomic mass is 9.65. The fourth-order valence-electron chi connectivity index (χ4n) is 7.16. The molecule has 3 saturated heterocycles. The summed E-state index contributed by atoms with van der Waals surface area (Å²) in [4.78, 5) is 42.4. The fraction of sp³-hybridized carbons (Fsp3) is 0.679. The number of carbonyl (C=O) groups is 3. The SMILES string of the molecule is CCN1C[C@H]2C3(CCN(C(=O)c4ccc(OC)cc4)CC3)CC[C@@]2(C(=O)N2CCCC2)C1.O=C(O)C(F)(F)F. The summed E-state index contributed by atoms with van der Waals surface area (Å²) in [6.45, 7) is 8.68. The molecule has 1 aliphatic carbocycles. The van der Waals surface area contributed by atoms with Crippen molar-refractivity contribution >= 4 is 17.8 Å². The van der Waals surface area contributed by atoms with Crippen LogP contribution in [0.25, 0.3) is 0 Å². The number of ether oxygens (including phenoxy) is 1. The maximum Gasteiger partial charge on any atom is 0.490 e. The number of carbonyl (C=O) groups excluding carboxylic acids is 2. The molecule has 4 aliphatic rings. The number of carboxylic acids is 1. The molecule has 0 aromatic heterocycles. The Hall–Kier alpha value is -2.82. The van der Waals surface area contributed by atoms with Gasteiger partial charge in [0.25, 0.3) is 5.91 Å². The summed E-state index contributed by atoms with van der Waals surface area (Å²) in [7, 11) is 1.64. The molecule has 11 heteroatoms. The van der Waals surface area contributed by atoms with E-state index >= 15 is 0 Å². The monoisotopic (exact) mass is 553 g/mol. The zero-order chi connectivity index (χ0) is 28.4. The minimum atomic E-state index is -5.08. The van der Waals surface area contributed by atoms with E-state index in [2.05, 4.69) is 16.7 Å². The molecule has 1 aromatic carbocycles. The molecule has 0 radical (unpaired) electrons. The fourth-order valence-corrected chi connectivity index (χ4v) is 7.16. The second-order valence-corrected chi connectivity index (χ2v) is 11.2. The van der Waals surface area contributed by atoms with E-state index in [1.54, 1.807) is 7.11 Å². The molecule has 3 heterocycles. The van der Waals surface area contributed by atoms with Gasteiger partial charge in [0.05, 0.1) is 12.5 Å². The molecule has 0 unspecified atom stereocenters. The minimum absolute atomic E-state index is 0.113. The zero-order valence-corrected chi connectivity index (χ0v) is 22.6. The molecule has 1 aromatic rings. The Labute approximate surface area is 227 Å². The van der Waals surface area contributed by atoms with Gasteiger partial charge in [0.1, 0.15) is 5.75 Å². The molecule has 1 saturated carbocycles. The normalized spacial score (nSPS) is 26.2. The molecule has 3 aliphatic heterocycles. The van der Waals surface area contributed by atoms with E-state index in [4.69, 9.17) is 14.6 Å². The molecule has 4 fully saturated rings. The summed E-state index contributed by atoms with van der Waals surface area (Å²) in [6, 6.07) is 7.42. The topological polar surface area (TPSA) is 90.4 Å². The Morgan fingerprint density at radius 2 is 1.56 bits per heavy atom. The van der Waals surface area contributed by atoms with E-state index in [0.717, 1.165) is 95.7 Å². The Morgan fingerprint density at radius 1 is 0.974 bits per heavy atom. The van der Waals surface area contributed by atoms with Crippen LogP contribution in [0.2, 0.25) is 0 Å². The number of hydrogen-bond acceptors (Lipinski definition) is 5. The van der Waals surface area contributed by atoms with E-state index in [1.807, 2.05) is 29.2 Å². The third kappa shape index (κ3) is 5.73. The van der Waals surface area contributed by atoms with E-state index in [9.17, 15) is 22.8 Å². The third-order valence-corrected chi connectivity index (χ3v) is 9.31. The summed E-state index contributed by atoms with van der Waals surface area (Å²) < 4.78 is 37.0. The average Bonchev–Trinajstić information content (AvgIpc) is 3.66. The number of alkyl halides is 3. The number of fused-ring (bicyclic) bond motifs is 2. The van der Waals surface area contributed by atoms with Crippen molar-refractivity contribution in [3.63, 3.8) is 0 Å². The van der Waals surface area contributed by atoms with E-state index < -0.39 is 12.1 Å². The summed E-state index contributed by atoms with van der Waals surface area (Å²) in [5.41, 5.74) is 0.739. The van der Waals surface area contributed by atoms with Gasteiger partial charge in [-0.1, -0.05) is 6.92 Å². The predicted molar refractivity (Wildman–Crippen MR) is 137 cm³/mol. The standard InChI is InChI=1S/C26H37N3O3.C2HF3O2/c1-3-27-18-22-25(10-11-26(22,19-27)24(31)29-14-4-5-15-29)12-16-28(17-13-25)23(30)20-6-8-21(32-2)9-7-20;3-2(4,5)1(6)7/h6-9,22H,3-5,10-19H2,1-2H3;(H,6,7)/t22-,26+;/m0./s1. The highest BCUT2D eigenvalue weighted by molar-refractivity contribution is 5.94. The zero-order valence-electron chi connectivity index (χ0n) is 22.6. The van der Waals surface area contributed by atoms with Crippen molar-refractivity contribution in [1.82, 2.24) is 14.7 Å². The lowest BCUT2D eigenvalue weighted by Crippen LogP contribution is -2.50. The van der Waals surface area contributed by atoms with Gasteiger partial charge in [-0.05, 0) is 80.7 Å². The van der Waals surface area contributed by atoms with Gasteiger partial charge >= 0.3 is 12.1 Å². The van der Waals surface area contributed by atoms with Crippen LogP contribution >= 0.6 is 0 Å². The average molecular weight is 554 g/mol. The Balaban J connectivity index is 0.000000448. The molecular formula is C28H38F3N3O5. The predicted octanol–water partition coefficient (Wildman–Crippen LogP) is 3.91. The molecule has 1 N–H and O–H groups in total. The second-order valence-electron chi connectivity index (χ2n) is 11.2. The first-order valence-electron chi connectivity index (χ1n) is 13.7. The summed E-state index contributed by atoms with van der Waals surface area (Å²) in [5.74, 6) is -1.01. The van der Waals surface area contributed by atoms with Gasteiger partial charge in [0, 0.05) is 44.8 Å². The molecular weight excluding hydrogens is 515 g/mol. The quantitative estimate of drug-likeness (QED) is 0.608. The summed E-state index contributed by atoms with van der Waals surface area (Å²) >= 11 is 0. The van der Waals surface area contributed by atoms with Crippen molar-refractivity contribution in [3.05, 3.63) is 29.8 Å². The number of nitrogens with zero attached hydrogens (tertiary/aromatic N) is 3. The van der Waals surface area contributed by atoms with Gasteiger partial charge < -0.3 is 24.5 Å². The van der Waals surface area contributed by atoms with Crippen LogP contribution in [-0.4, -0.2) is 96.7 Å². The van der Waals surface area contributed by atoms with Crippen LogP contribution in [0.5, 0.6) is 5.75 Å². The highest BCUT2D eigenvalue weighted by atomic mass is 19.4. The maximum atomic E-state index is 13.8. The van der Waals surface area contributed by atoms with E-state index in [1.165, 1.54) is 0 Å².